The van der Waals surface area contributed by atoms with Crippen LogP contribution in [0.3, 0.4) is 0 Å². The van der Waals surface area contributed by atoms with Crippen molar-refractivity contribution in [2.45, 2.75) is 132 Å². The van der Waals surface area contributed by atoms with E-state index in [9.17, 15) is 122 Å². The van der Waals surface area contributed by atoms with E-state index in [1.165, 1.54) is 13.8 Å². The molecule has 0 aliphatic carbocycles. The monoisotopic (exact) mass is 1200 g/mol. The van der Waals surface area contributed by atoms with E-state index in [4.69, 9.17) is 30.6 Å². The average Bonchev–Trinajstić information content (AvgIpc) is 3.43. The van der Waals surface area contributed by atoms with Crippen LogP contribution in [0.4, 0.5) is 87.8 Å². The van der Waals surface area contributed by atoms with Crippen LogP contribution in [0, 0.1) is 0 Å². The molecular formula is C40H47F20LiO18. The van der Waals surface area contributed by atoms with Gasteiger partial charge in [-0.05, 0) is 55.4 Å². The van der Waals surface area contributed by atoms with Gasteiger partial charge in [0.25, 0.3) is 6.08 Å². The fourth-order valence-electron chi connectivity index (χ4n) is 3.83. The minimum Gasteiger partial charge on any atom is -0.866 e. The van der Waals surface area contributed by atoms with E-state index in [2.05, 4.69) is 50.0 Å². The number of carbonyl (C=O) groups excluding carboxylic acids is 5. The first kappa shape index (κ1) is 82.8. The van der Waals surface area contributed by atoms with E-state index in [1.54, 1.807) is 0 Å². The van der Waals surface area contributed by atoms with Gasteiger partial charge in [-0.15, -0.1) is 0 Å². The number of alkyl halides is 18. The average molecular weight is 1200 g/mol. The Morgan fingerprint density at radius 2 is 0.962 bits per heavy atom. The van der Waals surface area contributed by atoms with Crippen molar-refractivity contribution in [3.8, 4) is 0 Å². The largest absolute Gasteiger partial charge is 1.00 e. The Bertz CT molecular complexity index is 2220. The molecule has 79 heavy (non-hydrogen) atoms. The summed E-state index contributed by atoms with van der Waals surface area (Å²) in [6.45, 7) is 14.8. The summed E-state index contributed by atoms with van der Waals surface area (Å²) in [6.07, 6.45) is -26.7. The number of carbonyl (C=O) groups is 5. The van der Waals surface area contributed by atoms with Crippen LogP contribution >= 0.6 is 0 Å². The molecule has 0 radical (unpaired) electrons. The van der Waals surface area contributed by atoms with Crippen LogP contribution in [-0.2, 0) is 47.7 Å². The van der Waals surface area contributed by atoms with Crippen LogP contribution in [0.25, 0.3) is 0 Å². The van der Waals surface area contributed by atoms with Crippen molar-refractivity contribution < 1.29 is 195 Å². The van der Waals surface area contributed by atoms with Crippen molar-refractivity contribution >= 4 is 29.7 Å². The number of aliphatic hydroxyl groups excluding tert-OH is 1. The molecule has 7 N–H and O–H groups in total. The molecule has 456 valence electrons. The van der Waals surface area contributed by atoms with Crippen molar-refractivity contribution in [1.82, 2.24) is 0 Å². The molecule has 0 aromatic heterocycles. The first-order valence-electron chi connectivity index (χ1n) is 19.5. The Labute approximate surface area is 443 Å². The van der Waals surface area contributed by atoms with Gasteiger partial charge in [0, 0.05) is 28.1 Å². The van der Waals surface area contributed by atoms with Gasteiger partial charge < -0.3 is 64.5 Å². The van der Waals surface area contributed by atoms with Crippen LogP contribution in [-0.4, -0.2) is 168 Å². The van der Waals surface area contributed by atoms with Crippen LogP contribution in [0.15, 0.2) is 60.4 Å². The SMILES string of the molecule is C=C(C)C(=O)OC(C)(CO)C(F)(F)C(O)(O)C(F)(F)F.C=C(C)C(=O)OC1(C)COC(O)(C(F)(F)F)C1(F)F.C=C(C)C(=O)OCC(C)(O)C(F)(F)C(O)(O)C(F)(F)F.C=C(C)C(=O)OCC(C)=O.[Li+].[O-]C(=C(F)F)C(F)(F)F. The molecule has 4 atom stereocenters. The standard InChI is InChI=1S/2C10H13F5O5.C10H11F5O4.C7H10O3.C3HF5O.Li/c1-5(2)6(16)20-4-7(3,17)8(11,12)9(18,19)10(13,14)15;1-5(2)6(17)20-7(3,4-16)8(11,12)9(18,19)10(13,14)15;1-5(2)6(16)19-7(3)4-18-9(17,8(7,11)12)10(13,14)15;1-5(2)7(9)10-4-6(3)8;4-2(5)1(9)3(6,7)8;/h17-19H,1,4H2,2-3H3;16,18-19H,1,4H2,2-3H3;17H,1,4H2,2-3H3;1,4H2,2-3H3;9H;/q;;;;;+1/p-1. The Hall–Kier alpha value is -5.07. The number of ketones is 1. The predicted octanol–water partition coefficient (Wildman–Crippen LogP) is 1.97. The molecule has 4 unspecified atom stereocenters. The van der Waals surface area contributed by atoms with Crippen LogP contribution in [0.1, 0.15) is 55.4 Å². The zero-order valence-corrected chi connectivity index (χ0v) is 41.8. The van der Waals surface area contributed by atoms with Gasteiger partial charge in [0.1, 0.15) is 13.2 Å². The van der Waals surface area contributed by atoms with Crippen LogP contribution in [0.2, 0.25) is 0 Å². The molecule has 0 bridgehead atoms. The maximum Gasteiger partial charge on any atom is 1.00 e. The van der Waals surface area contributed by atoms with E-state index in [0.29, 0.717) is 12.5 Å². The van der Waals surface area contributed by atoms with Crippen LogP contribution < -0.4 is 24.0 Å². The first-order chi connectivity index (χ1) is 33.9. The van der Waals surface area contributed by atoms with Crippen molar-refractivity contribution in [3.63, 3.8) is 0 Å². The van der Waals surface area contributed by atoms with Gasteiger partial charge in [0.05, 0.1) is 13.2 Å². The number of halogens is 20. The van der Waals surface area contributed by atoms with E-state index < -0.39 is 138 Å². The third-order valence-electron chi connectivity index (χ3n) is 8.69. The number of Topliss-reactive ketones (excluding diaryl/α,β-unsaturated/α-hetero) is 1. The minimum absolute atomic E-state index is 0. The van der Waals surface area contributed by atoms with E-state index in [1.807, 2.05) is 0 Å². The Kier molecular flexibility index (Phi) is 29.9. The number of hydrogen-bond donors (Lipinski definition) is 7. The van der Waals surface area contributed by atoms with Gasteiger partial charge in [-0.3, -0.25) is 4.79 Å². The summed E-state index contributed by atoms with van der Waals surface area (Å²) in [4.78, 5) is 54.1. The van der Waals surface area contributed by atoms with Crippen molar-refractivity contribution in [2.24, 2.45) is 0 Å². The molecule has 1 aliphatic rings. The summed E-state index contributed by atoms with van der Waals surface area (Å²) in [6, 6.07) is 0. The van der Waals surface area contributed by atoms with Gasteiger partial charge in [0.2, 0.25) is 11.2 Å². The summed E-state index contributed by atoms with van der Waals surface area (Å²) in [5, 5.41) is 70.8. The second kappa shape index (κ2) is 28.6. The second-order valence-electron chi connectivity index (χ2n) is 16.2. The molecule has 1 saturated heterocycles. The van der Waals surface area contributed by atoms with E-state index in [0.717, 1.165) is 20.8 Å². The first-order valence-corrected chi connectivity index (χ1v) is 19.5. The Morgan fingerprint density at radius 1 is 0.620 bits per heavy atom. The molecule has 18 nitrogen and oxygen atoms in total. The normalized spacial score (nSPS) is 18.9. The summed E-state index contributed by atoms with van der Waals surface area (Å²) in [5.41, 5.74) is -10.8. The number of hydrogen-bond acceptors (Lipinski definition) is 18. The number of allylic oxidation sites excluding steroid dienone is 1. The summed E-state index contributed by atoms with van der Waals surface area (Å²) < 4.78 is 267. The Morgan fingerprint density at radius 3 is 1.22 bits per heavy atom. The quantitative estimate of drug-likeness (QED) is 0.0235. The molecule has 0 spiro atoms. The maximum absolute atomic E-state index is 13.8. The van der Waals surface area contributed by atoms with Crippen molar-refractivity contribution in [1.29, 1.82) is 0 Å². The van der Waals surface area contributed by atoms with E-state index in [-0.39, 0.29) is 56.2 Å². The summed E-state index contributed by atoms with van der Waals surface area (Å²) in [7, 11) is 0. The van der Waals surface area contributed by atoms with Gasteiger partial charge in [0.15, 0.2) is 11.4 Å². The van der Waals surface area contributed by atoms with Gasteiger partial charge in [-0.25, -0.2) is 19.2 Å². The van der Waals surface area contributed by atoms with Gasteiger partial charge in [-0.1, -0.05) is 26.3 Å². The molecule has 1 fully saturated rings. The topological polar surface area (TPSA) is 296 Å². The third kappa shape index (κ3) is 20.8. The summed E-state index contributed by atoms with van der Waals surface area (Å²) in [5.74, 6) is -39.3. The zero-order chi connectivity index (χ0) is 64.2. The number of ether oxygens (including phenoxy) is 5. The molecule has 39 heteroatoms. The van der Waals surface area contributed by atoms with Crippen molar-refractivity contribution in [3.05, 3.63) is 60.4 Å². The van der Waals surface area contributed by atoms with Gasteiger partial charge in [-0.2, -0.15) is 87.8 Å². The molecule has 1 aliphatic heterocycles. The van der Waals surface area contributed by atoms with Crippen molar-refractivity contribution in [2.75, 3.05) is 26.4 Å². The smallest absolute Gasteiger partial charge is 0.866 e. The molecule has 1 rings (SSSR count). The molecule has 0 saturated carbocycles. The molecule has 0 amide bonds. The number of rotatable bonds is 15. The molecule has 0 aromatic carbocycles. The third-order valence-corrected chi connectivity index (χ3v) is 8.69. The molecule has 0 aromatic rings. The minimum atomic E-state index is -6.15. The fourth-order valence-corrected chi connectivity index (χ4v) is 3.83. The van der Waals surface area contributed by atoms with Crippen LogP contribution in [0.5, 0.6) is 0 Å². The van der Waals surface area contributed by atoms with E-state index >= 15 is 0 Å². The fraction of sp³-hybridized carbons (Fsp3) is 0.625. The number of aliphatic hydroxyl groups is 7. The summed E-state index contributed by atoms with van der Waals surface area (Å²) >= 11 is 0. The molecular weight excluding hydrogens is 1160 g/mol. The second-order valence-corrected chi connectivity index (χ2v) is 16.2. The maximum atomic E-state index is 13.8. The Balaban J connectivity index is -0.000000297. The number of esters is 4. The van der Waals surface area contributed by atoms with Gasteiger partial charge >= 0.3 is 103 Å². The molecule has 1 heterocycles. The predicted molar refractivity (Wildman–Crippen MR) is 212 cm³/mol. The zero-order valence-electron chi connectivity index (χ0n) is 41.8.